The third-order valence-electron chi connectivity index (χ3n) is 10.6. The SMILES string of the molecule is C1=CC2c3ccccc3OC2C(c2cccc3c2sc2c(C4=NC(c5ccccc5)NC(c5cccc6sc7ccccc7c56)N4)cccc23)=C1. The number of hydrogen-bond acceptors (Lipinski definition) is 6. The summed E-state index contributed by atoms with van der Waals surface area (Å²) in [6, 6.07) is 47.8. The average molecular weight is 694 g/mol. The van der Waals surface area contributed by atoms with E-state index in [9.17, 15) is 0 Å². The first-order valence-corrected chi connectivity index (χ1v) is 19.1. The van der Waals surface area contributed by atoms with Gasteiger partial charge in [0.25, 0.3) is 0 Å². The second-order valence-corrected chi connectivity index (χ2v) is 15.5. The maximum Gasteiger partial charge on any atom is 0.135 e. The lowest BCUT2D eigenvalue weighted by Gasteiger charge is -2.32. The molecule has 51 heavy (non-hydrogen) atoms. The predicted octanol–water partition coefficient (Wildman–Crippen LogP) is 11.3. The van der Waals surface area contributed by atoms with Gasteiger partial charge >= 0.3 is 0 Å². The highest BCUT2D eigenvalue weighted by molar-refractivity contribution is 7.26. The highest BCUT2D eigenvalue weighted by Crippen LogP contribution is 2.49. The summed E-state index contributed by atoms with van der Waals surface area (Å²) in [6.45, 7) is 0. The van der Waals surface area contributed by atoms with E-state index in [1.54, 1.807) is 0 Å². The maximum absolute atomic E-state index is 6.63. The van der Waals surface area contributed by atoms with Gasteiger partial charge in [-0.3, -0.25) is 5.32 Å². The number of benzene rings is 6. The van der Waals surface area contributed by atoms with Crippen LogP contribution in [0, 0.1) is 0 Å². The standard InChI is InChI=1S/C45H31N3OS2/c1-2-12-26(13-3-1)43-46-44(34-21-11-25-38-39(34)33-15-5-7-24-37(33)50-38)48-45(47-43)35-22-10-20-32-31-19-9-18-30(41(31)51-42(32)35)29-17-8-16-28-27-14-4-6-23-36(27)49-40(28)29/h1-25,28,40,43-44,46H,(H,47,48). The number of allylic oxidation sites excluding steroid dienone is 2. The van der Waals surface area contributed by atoms with Gasteiger partial charge in [0.15, 0.2) is 0 Å². The summed E-state index contributed by atoms with van der Waals surface area (Å²) in [6.07, 6.45) is 6.32. The van der Waals surface area contributed by atoms with Crippen LogP contribution in [0.15, 0.2) is 157 Å². The minimum atomic E-state index is -0.218. The predicted molar refractivity (Wildman–Crippen MR) is 214 cm³/mol. The average Bonchev–Trinajstić information content (AvgIpc) is 3.89. The summed E-state index contributed by atoms with van der Waals surface area (Å²) in [5.74, 6) is 2.10. The number of hydrogen-bond donors (Lipinski definition) is 2. The fourth-order valence-electron chi connectivity index (χ4n) is 8.25. The fraction of sp³-hybridized carbons (Fsp3) is 0.0889. The fourth-order valence-corrected chi connectivity index (χ4v) is 10.7. The van der Waals surface area contributed by atoms with Gasteiger partial charge in [0, 0.05) is 63.0 Å². The molecule has 2 aliphatic heterocycles. The first kappa shape index (κ1) is 29.2. The van der Waals surface area contributed by atoms with E-state index >= 15 is 0 Å². The molecule has 0 radical (unpaired) electrons. The number of ether oxygens (including phenoxy) is 1. The molecule has 6 aromatic carbocycles. The molecule has 6 heteroatoms. The van der Waals surface area contributed by atoms with Gasteiger partial charge in [-0.15, -0.1) is 22.7 Å². The molecule has 4 nitrogen and oxygen atoms in total. The van der Waals surface area contributed by atoms with Gasteiger partial charge in [-0.25, -0.2) is 4.99 Å². The molecule has 11 rings (SSSR count). The van der Waals surface area contributed by atoms with Crippen molar-refractivity contribution in [3.8, 4) is 5.75 Å². The number of nitrogens with one attached hydrogen (secondary N) is 2. The lowest BCUT2D eigenvalue weighted by atomic mass is 9.84. The summed E-state index contributed by atoms with van der Waals surface area (Å²) >= 11 is 3.71. The van der Waals surface area contributed by atoms with E-state index in [2.05, 4.69) is 162 Å². The van der Waals surface area contributed by atoms with Gasteiger partial charge in [-0.05, 0) is 41.0 Å². The smallest absolute Gasteiger partial charge is 0.135 e. The molecular formula is C45H31N3OS2. The van der Waals surface area contributed by atoms with Crippen molar-refractivity contribution >= 4 is 74.4 Å². The Morgan fingerprint density at radius 1 is 0.608 bits per heavy atom. The zero-order chi connectivity index (χ0) is 33.5. The second-order valence-electron chi connectivity index (χ2n) is 13.4. The van der Waals surface area contributed by atoms with Gasteiger partial charge in [0.05, 0.1) is 0 Å². The Morgan fingerprint density at radius 3 is 2.22 bits per heavy atom. The monoisotopic (exact) mass is 693 g/mol. The Labute approximate surface area is 303 Å². The second kappa shape index (κ2) is 11.5. The van der Waals surface area contributed by atoms with E-state index in [0.717, 1.165) is 22.7 Å². The van der Waals surface area contributed by atoms with Crippen LogP contribution in [-0.2, 0) is 0 Å². The van der Waals surface area contributed by atoms with Crippen molar-refractivity contribution in [2.45, 2.75) is 24.4 Å². The van der Waals surface area contributed by atoms with Crippen molar-refractivity contribution in [2.24, 2.45) is 4.99 Å². The van der Waals surface area contributed by atoms with Crippen molar-refractivity contribution in [1.82, 2.24) is 10.6 Å². The Hall–Kier alpha value is -5.53. The third kappa shape index (κ3) is 4.57. The Bertz CT molecular complexity index is 2770. The van der Waals surface area contributed by atoms with Crippen molar-refractivity contribution in [3.05, 3.63) is 180 Å². The zero-order valence-corrected chi connectivity index (χ0v) is 29.0. The van der Waals surface area contributed by atoms with Crippen LogP contribution in [0.25, 0.3) is 45.9 Å². The molecule has 244 valence electrons. The molecule has 0 fully saturated rings. The van der Waals surface area contributed by atoms with Gasteiger partial charge in [0.1, 0.15) is 30.0 Å². The molecule has 0 spiro atoms. The topological polar surface area (TPSA) is 45.6 Å². The van der Waals surface area contributed by atoms with Crippen LogP contribution in [0.1, 0.15) is 46.1 Å². The van der Waals surface area contributed by atoms with Gasteiger partial charge < -0.3 is 10.1 Å². The van der Waals surface area contributed by atoms with E-state index in [-0.39, 0.29) is 24.4 Å². The van der Waals surface area contributed by atoms with Crippen molar-refractivity contribution < 1.29 is 4.74 Å². The number of para-hydroxylation sites is 1. The van der Waals surface area contributed by atoms with Crippen LogP contribution in [0.5, 0.6) is 5.75 Å². The Morgan fingerprint density at radius 2 is 1.31 bits per heavy atom. The quantitative estimate of drug-likeness (QED) is 0.193. The van der Waals surface area contributed by atoms with Crippen molar-refractivity contribution in [3.63, 3.8) is 0 Å². The lowest BCUT2D eigenvalue weighted by molar-refractivity contribution is 0.278. The van der Waals surface area contributed by atoms with Crippen LogP contribution in [0.2, 0.25) is 0 Å². The molecule has 3 aliphatic rings. The number of aliphatic imine (C=N–C) groups is 1. The van der Waals surface area contributed by atoms with Crippen LogP contribution in [0.3, 0.4) is 0 Å². The number of fused-ring (bicyclic) bond motifs is 9. The highest BCUT2D eigenvalue weighted by atomic mass is 32.1. The van der Waals surface area contributed by atoms with E-state index in [0.29, 0.717) is 0 Å². The Kier molecular flexibility index (Phi) is 6.59. The van der Waals surface area contributed by atoms with Crippen LogP contribution in [0.4, 0.5) is 0 Å². The molecule has 2 aromatic heterocycles. The largest absolute Gasteiger partial charge is 0.484 e. The van der Waals surface area contributed by atoms with Gasteiger partial charge in [-0.2, -0.15) is 0 Å². The normalized spacial score (nSPS) is 20.9. The number of amidine groups is 1. The van der Waals surface area contributed by atoms with Gasteiger partial charge in [-0.1, -0.05) is 127 Å². The van der Waals surface area contributed by atoms with Crippen molar-refractivity contribution in [1.29, 1.82) is 0 Å². The number of thiophene rings is 2. The van der Waals surface area contributed by atoms with E-state index in [1.807, 2.05) is 22.7 Å². The maximum atomic E-state index is 6.63. The summed E-state index contributed by atoms with van der Waals surface area (Å²) in [7, 11) is 0. The van der Waals surface area contributed by atoms with E-state index in [4.69, 9.17) is 9.73 Å². The molecular weight excluding hydrogens is 663 g/mol. The first-order valence-electron chi connectivity index (χ1n) is 17.4. The highest BCUT2D eigenvalue weighted by Gasteiger charge is 2.37. The summed E-state index contributed by atoms with van der Waals surface area (Å²) < 4.78 is 11.7. The molecule has 4 heterocycles. The molecule has 4 unspecified atom stereocenters. The molecule has 0 bridgehead atoms. The Balaban J connectivity index is 1.06. The molecule has 0 saturated carbocycles. The van der Waals surface area contributed by atoms with Crippen molar-refractivity contribution in [2.75, 3.05) is 0 Å². The van der Waals surface area contributed by atoms with Crippen LogP contribution in [-0.4, -0.2) is 11.9 Å². The summed E-state index contributed by atoms with van der Waals surface area (Å²) in [4.78, 5) is 5.39. The first-order chi connectivity index (χ1) is 25.3. The minimum absolute atomic E-state index is 0.0403. The van der Waals surface area contributed by atoms with E-state index < -0.39 is 0 Å². The molecule has 0 saturated heterocycles. The van der Waals surface area contributed by atoms with Gasteiger partial charge in [0.2, 0.25) is 0 Å². The molecule has 1 aliphatic carbocycles. The minimum Gasteiger partial charge on any atom is -0.484 e. The zero-order valence-electron chi connectivity index (χ0n) is 27.4. The number of nitrogens with zero attached hydrogens (tertiary/aromatic N) is 1. The number of rotatable bonds is 4. The van der Waals surface area contributed by atoms with E-state index in [1.165, 1.54) is 62.6 Å². The molecule has 8 aromatic rings. The molecule has 4 atom stereocenters. The van der Waals surface area contributed by atoms with Crippen LogP contribution >= 0.6 is 22.7 Å². The molecule has 0 amide bonds. The lowest BCUT2D eigenvalue weighted by Crippen LogP contribution is -2.45. The third-order valence-corrected chi connectivity index (χ3v) is 13.0. The summed E-state index contributed by atoms with van der Waals surface area (Å²) in [5, 5.41) is 12.9. The van der Waals surface area contributed by atoms with Crippen LogP contribution < -0.4 is 15.4 Å². The summed E-state index contributed by atoms with van der Waals surface area (Å²) in [5.41, 5.74) is 7.22. The molecule has 2 N–H and O–H groups in total.